The van der Waals surface area contributed by atoms with E-state index < -0.39 is 0 Å². The van der Waals surface area contributed by atoms with Crippen molar-refractivity contribution in [3.05, 3.63) is 21.4 Å². The van der Waals surface area contributed by atoms with Crippen molar-refractivity contribution in [2.75, 3.05) is 25.2 Å². The zero-order valence-electron chi connectivity index (χ0n) is 10.6. The summed E-state index contributed by atoms with van der Waals surface area (Å²) in [6.45, 7) is 2.46. The van der Waals surface area contributed by atoms with Crippen molar-refractivity contribution in [1.29, 1.82) is 0 Å². The standard InChI is InChI=1S/C13H17NO2S2/c1-10-9-12(18-11(10)5-3-7-15)13(16)14-6-4-8-17-2/h9,15H,4,6-8H2,1-2H3,(H,14,16). The van der Waals surface area contributed by atoms with E-state index in [0.29, 0.717) is 11.4 Å². The summed E-state index contributed by atoms with van der Waals surface area (Å²) in [6.07, 6.45) is 3.03. The van der Waals surface area contributed by atoms with E-state index in [4.69, 9.17) is 5.11 Å². The normalized spacial score (nSPS) is 9.72. The van der Waals surface area contributed by atoms with Crippen LogP contribution in [0.15, 0.2) is 6.07 Å². The van der Waals surface area contributed by atoms with Crippen LogP contribution in [0.25, 0.3) is 0 Å². The third kappa shape index (κ3) is 4.73. The number of aryl methyl sites for hydroxylation is 1. The first kappa shape index (κ1) is 15.1. The molecule has 0 unspecified atom stereocenters. The number of thiophene rings is 1. The van der Waals surface area contributed by atoms with Crippen molar-refractivity contribution in [3.63, 3.8) is 0 Å². The summed E-state index contributed by atoms with van der Waals surface area (Å²) < 4.78 is 0. The van der Waals surface area contributed by atoms with Gasteiger partial charge in [-0.3, -0.25) is 4.79 Å². The van der Waals surface area contributed by atoms with E-state index in [1.807, 2.05) is 13.0 Å². The zero-order valence-corrected chi connectivity index (χ0v) is 12.2. The number of aliphatic hydroxyl groups is 1. The molecule has 0 aliphatic rings. The van der Waals surface area contributed by atoms with Gasteiger partial charge in [-0.25, -0.2) is 0 Å². The third-order valence-corrected chi connectivity index (χ3v) is 4.08. The Hall–Kier alpha value is -0.960. The highest BCUT2D eigenvalue weighted by molar-refractivity contribution is 7.98. The van der Waals surface area contributed by atoms with Gasteiger partial charge >= 0.3 is 0 Å². The largest absolute Gasteiger partial charge is 0.384 e. The molecular weight excluding hydrogens is 266 g/mol. The fraction of sp³-hybridized carbons (Fsp3) is 0.462. The van der Waals surface area contributed by atoms with Gasteiger partial charge in [0.2, 0.25) is 0 Å². The van der Waals surface area contributed by atoms with Crippen LogP contribution in [0.2, 0.25) is 0 Å². The molecule has 0 aromatic carbocycles. The molecule has 1 heterocycles. The Balaban J connectivity index is 2.58. The SMILES string of the molecule is CSCCCNC(=O)c1cc(C)c(C#CCO)s1. The van der Waals surface area contributed by atoms with Crippen molar-refractivity contribution in [3.8, 4) is 11.8 Å². The molecule has 0 aliphatic heterocycles. The number of carbonyl (C=O) groups is 1. The zero-order chi connectivity index (χ0) is 13.4. The van der Waals surface area contributed by atoms with Crippen LogP contribution in [0.1, 0.15) is 26.5 Å². The smallest absolute Gasteiger partial charge is 0.261 e. The van der Waals surface area contributed by atoms with Gasteiger partial charge in [0, 0.05) is 6.54 Å². The first-order valence-electron chi connectivity index (χ1n) is 5.66. The Morgan fingerprint density at radius 1 is 1.61 bits per heavy atom. The van der Waals surface area contributed by atoms with E-state index in [1.165, 1.54) is 11.3 Å². The molecule has 1 rings (SSSR count). The average Bonchev–Trinajstić information content (AvgIpc) is 2.73. The third-order valence-electron chi connectivity index (χ3n) is 2.23. The number of nitrogens with one attached hydrogen (secondary N) is 1. The molecule has 2 N–H and O–H groups in total. The van der Waals surface area contributed by atoms with Crippen molar-refractivity contribution in [2.45, 2.75) is 13.3 Å². The molecule has 0 bridgehead atoms. The number of hydrogen-bond donors (Lipinski definition) is 2. The lowest BCUT2D eigenvalue weighted by molar-refractivity contribution is 0.0958. The minimum absolute atomic E-state index is 0.0405. The molecule has 0 fully saturated rings. The maximum atomic E-state index is 11.8. The second kappa shape index (κ2) is 8.20. The molecule has 1 aromatic rings. The molecule has 1 amide bonds. The fourth-order valence-corrected chi connectivity index (χ4v) is 2.74. The maximum Gasteiger partial charge on any atom is 0.261 e. The molecule has 18 heavy (non-hydrogen) atoms. The van der Waals surface area contributed by atoms with Crippen LogP contribution >= 0.6 is 23.1 Å². The van der Waals surface area contributed by atoms with Crippen molar-refractivity contribution in [2.24, 2.45) is 0 Å². The molecule has 0 saturated carbocycles. The summed E-state index contributed by atoms with van der Waals surface area (Å²) in [5.41, 5.74) is 0.982. The highest BCUT2D eigenvalue weighted by atomic mass is 32.2. The minimum atomic E-state index is -0.159. The number of thioether (sulfide) groups is 1. The number of aliphatic hydroxyl groups excluding tert-OH is 1. The van der Waals surface area contributed by atoms with Crippen LogP contribution in [0.4, 0.5) is 0 Å². The molecule has 0 atom stereocenters. The lowest BCUT2D eigenvalue weighted by Crippen LogP contribution is -2.23. The van der Waals surface area contributed by atoms with Crippen LogP contribution in [-0.2, 0) is 0 Å². The topological polar surface area (TPSA) is 49.3 Å². The molecular formula is C13H17NO2S2. The van der Waals surface area contributed by atoms with Gasteiger partial charge in [0.25, 0.3) is 5.91 Å². The lowest BCUT2D eigenvalue weighted by Gasteiger charge is -2.01. The molecule has 98 valence electrons. The van der Waals surface area contributed by atoms with Crippen LogP contribution in [0, 0.1) is 18.8 Å². The average molecular weight is 283 g/mol. The van der Waals surface area contributed by atoms with Gasteiger partial charge in [-0.2, -0.15) is 11.8 Å². The predicted octanol–water partition coefficient (Wildman–Crippen LogP) is 1.88. The molecule has 1 aromatic heterocycles. The minimum Gasteiger partial charge on any atom is -0.384 e. The lowest BCUT2D eigenvalue weighted by atomic mass is 10.2. The highest BCUT2D eigenvalue weighted by Crippen LogP contribution is 2.20. The fourth-order valence-electron chi connectivity index (χ4n) is 1.34. The van der Waals surface area contributed by atoms with Gasteiger partial charge in [-0.05, 0) is 37.0 Å². The van der Waals surface area contributed by atoms with Gasteiger partial charge in [0.05, 0.1) is 9.75 Å². The molecule has 0 aliphatic carbocycles. The first-order valence-corrected chi connectivity index (χ1v) is 7.87. The number of rotatable bonds is 5. The van der Waals surface area contributed by atoms with Gasteiger partial charge < -0.3 is 10.4 Å². The summed E-state index contributed by atoms with van der Waals surface area (Å²) in [6, 6.07) is 1.84. The van der Waals surface area contributed by atoms with Crippen molar-refractivity contribution in [1.82, 2.24) is 5.32 Å². The Labute approximate surface area is 116 Å². The van der Waals surface area contributed by atoms with E-state index in [0.717, 1.165) is 22.6 Å². The van der Waals surface area contributed by atoms with Crippen molar-refractivity contribution < 1.29 is 9.90 Å². The summed E-state index contributed by atoms with van der Waals surface area (Å²) in [5, 5.41) is 11.5. The second-order valence-corrected chi connectivity index (χ2v) is 5.72. The van der Waals surface area contributed by atoms with E-state index in [-0.39, 0.29) is 12.5 Å². The number of hydrogen-bond acceptors (Lipinski definition) is 4. The van der Waals surface area contributed by atoms with E-state index >= 15 is 0 Å². The Morgan fingerprint density at radius 2 is 2.39 bits per heavy atom. The van der Waals surface area contributed by atoms with E-state index in [1.54, 1.807) is 11.8 Å². The molecule has 0 spiro atoms. The Bertz CT molecular complexity index is 457. The van der Waals surface area contributed by atoms with Crippen LogP contribution < -0.4 is 5.32 Å². The second-order valence-electron chi connectivity index (χ2n) is 3.68. The quantitative estimate of drug-likeness (QED) is 0.641. The summed E-state index contributed by atoms with van der Waals surface area (Å²) in [4.78, 5) is 13.4. The van der Waals surface area contributed by atoms with Gasteiger partial charge in [-0.1, -0.05) is 11.8 Å². The molecule has 0 radical (unpaired) electrons. The van der Waals surface area contributed by atoms with Crippen LogP contribution in [0.3, 0.4) is 0 Å². The maximum absolute atomic E-state index is 11.8. The van der Waals surface area contributed by atoms with Crippen molar-refractivity contribution >= 4 is 29.0 Å². The number of carbonyl (C=O) groups excluding carboxylic acids is 1. The van der Waals surface area contributed by atoms with Gasteiger partial charge in [0.1, 0.15) is 6.61 Å². The predicted molar refractivity (Wildman–Crippen MR) is 78.4 cm³/mol. The molecule has 5 heteroatoms. The molecule has 0 saturated heterocycles. The van der Waals surface area contributed by atoms with E-state index in [2.05, 4.69) is 23.4 Å². The summed E-state index contributed by atoms with van der Waals surface area (Å²) in [7, 11) is 0. The molecule has 3 nitrogen and oxygen atoms in total. The van der Waals surface area contributed by atoms with E-state index in [9.17, 15) is 4.79 Å². The van der Waals surface area contributed by atoms with Crippen LogP contribution in [0.5, 0.6) is 0 Å². The Kier molecular flexibility index (Phi) is 6.88. The van der Waals surface area contributed by atoms with Crippen LogP contribution in [-0.4, -0.2) is 36.2 Å². The van der Waals surface area contributed by atoms with Gasteiger partial charge in [-0.15, -0.1) is 11.3 Å². The Morgan fingerprint density at radius 3 is 3.06 bits per heavy atom. The summed E-state index contributed by atoms with van der Waals surface area (Å²) in [5.74, 6) is 6.46. The van der Waals surface area contributed by atoms with Gasteiger partial charge in [0.15, 0.2) is 0 Å². The highest BCUT2D eigenvalue weighted by Gasteiger charge is 2.10. The first-order chi connectivity index (χ1) is 8.69. The number of amides is 1. The summed E-state index contributed by atoms with van der Waals surface area (Å²) >= 11 is 3.14. The monoisotopic (exact) mass is 283 g/mol.